The van der Waals surface area contributed by atoms with Crippen LogP contribution in [-0.2, 0) is 9.53 Å². The molecule has 0 bridgehead atoms. The first kappa shape index (κ1) is 10.7. The maximum absolute atomic E-state index is 11.2. The monoisotopic (exact) mass is 204 g/mol. The highest BCUT2D eigenvalue weighted by atomic mass is 16.5. The average molecular weight is 204 g/mol. The third-order valence-corrected chi connectivity index (χ3v) is 1.51. The molecule has 15 heavy (non-hydrogen) atoms. The smallest absolute Gasteiger partial charge is 0.357 e. The molecular formula is C10H8N2O3. The van der Waals surface area contributed by atoms with Crippen LogP contribution in [0.25, 0.3) is 0 Å². The van der Waals surface area contributed by atoms with Crippen molar-refractivity contribution in [1.29, 1.82) is 0 Å². The molecule has 0 fully saturated rings. The van der Waals surface area contributed by atoms with Crippen LogP contribution in [0.5, 0.6) is 0 Å². The molecule has 0 spiro atoms. The Hall–Kier alpha value is -2.35. The lowest BCUT2D eigenvalue weighted by Gasteiger charge is -1.99. The van der Waals surface area contributed by atoms with E-state index in [0.717, 1.165) is 0 Å². The maximum atomic E-state index is 11.2. The van der Waals surface area contributed by atoms with Crippen molar-refractivity contribution in [3.8, 4) is 11.8 Å². The van der Waals surface area contributed by atoms with Gasteiger partial charge in [0.05, 0.1) is 12.7 Å². The molecule has 0 aliphatic rings. The predicted octanol–water partition coefficient (Wildman–Crippen LogP) is -0.295. The van der Waals surface area contributed by atoms with Gasteiger partial charge >= 0.3 is 5.97 Å². The highest BCUT2D eigenvalue weighted by Gasteiger charge is 2.10. The summed E-state index contributed by atoms with van der Waals surface area (Å²) in [6, 6.07) is 3.15. The normalized spacial score (nSPS) is 8.60. The maximum Gasteiger partial charge on any atom is 0.357 e. The van der Waals surface area contributed by atoms with Gasteiger partial charge in [-0.25, -0.2) is 9.78 Å². The molecule has 76 valence electrons. The molecule has 0 saturated carbocycles. The van der Waals surface area contributed by atoms with Gasteiger partial charge in [0, 0.05) is 12.1 Å². The second kappa shape index (κ2) is 4.77. The minimum absolute atomic E-state index is 0.0637. The number of hydrogen-bond donors (Lipinski definition) is 1. The van der Waals surface area contributed by atoms with Crippen molar-refractivity contribution in [3.05, 3.63) is 29.6 Å². The van der Waals surface area contributed by atoms with Crippen molar-refractivity contribution in [2.75, 3.05) is 7.11 Å². The summed E-state index contributed by atoms with van der Waals surface area (Å²) in [6.45, 7) is 0. The zero-order valence-electron chi connectivity index (χ0n) is 7.98. The zero-order chi connectivity index (χ0) is 11.3. The van der Waals surface area contributed by atoms with Crippen molar-refractivity contribution >= 4 is 11.9 Å². The van der Waals surface area contributed by atoms with Crippen LogP contribution >= 0.6 is 0 Å². The molecule has 1 aromatic heterocycles. The summed E-state index contributed by atoms with van der Waals surface area (Å²) >= 11 is 0. The number of esters is 1. The van der Waals surface area contributed by atoms with E-state index in [1.165, 1.54) is 13.3 Å². The Morgan fingerprint density at radius 3 is 2.87 bits per heavy atom. The number of nitrogens with two attached hydrogens (primary N) is 1. The van der Waals surface area contributed by atoms with E-state index in [1.807, 2.05) is 0 Å². The van der Waals surface area contributed by atoms with Gasteiger partial charge in [-0.15, -0.1) is 0 Å². The molecule has 1 aromatic rings. The molecule has 1 amide bonds. The molecule has 0 aliphatic carbocycles. The average Bonchev–Trinajstić information content (AvgIpc) is 2.25. The van der Waals surface area contributed by atoms with Crippen molar-refractivity contribution < 1.29 is 14.3 Å². The number of rotatable bonds is 1. The molecule has 0 atom stereocenters. The Morgan fingerprint density at radius 1 is 1.53 bits per heavy atom. The van der Waals surface area contributed by atoms with E-state index in [0.29, 0.717) is 5.56 Å². The van der Waals surface area contributed by atoms with E-state index in [2.05, 4.69) is 21.6 Å². The summed E-state index contributed by atoms with van der Waals surface area (Å²) < 4.78 is 4.50. The van der Waals surface area contributed by atoms with E-state index >= 15 is 0 Å². The van der Waals surface area contributed by atoms with E-state index in [-0.39, 0.29) is 5.69 Å². The van der Waals surface area contributed by atoms with Crippen LogP contribution in [0.3, 0.4) is 0 Å². The molecule has 5 heteroatoms. The van der Waals surface area contributed by atoms with E-state index < -0.39 is 11.9 Å². The van der Waals surface area contributed by atoms with Gasteiger partial charge in [0.2, 0.25) is 0 Å². The van der Waals surface area contributed by atoms with Crippen molar-refractivity contribution in [1.82, 2.24) is 4.98 Å². The first-order valence-corrected chi connectivity index (χ1v) is 4.00. The van der Waals surface area contributed by atoms with Crippen LogP contribution in [0.2, 0.25) is 0 Å². The fourth-order valence-electron chi connectivity index (χ4n) is 0.894. The summed E-state index contributed by atoms with van der Waals surface area (Å²) in [6.07, 6.45) is 1.43. The lowest BCUT2D eigenvalue weighted by molar-refractivity contribution is -0.112. The lowest BCUT2D eigenvalue weighted by atomic mass is 10.2. The van der Waals surface area contributed by atoms with Gasteiger partial charge in [-0.3, -0.25) is 4.79 Å². The number of carbonyl (C=O) groups is 2. The van der Waals surface area contributed by atoms with E-state index in [4.69, 9.17) is 5.73 Å². The van der Waals surface area contributed by atoms with Gasteiger partial charge in [-0.05, 0) is 12.1 Å². The van der Waals surface area contributed by atoms with Crippen LogP contribution in [0, 0.1) is 11.8 Å². The van der Waals surface area contributed by atoms with Gasteiger partial charge in [0.1, 0.15) is 0 Å². The molecule has 5 nitrogen and oxygen atoms in total. The highest BCUT2D eigenvalue weighted by Crippen LogP contribution is 2.04. The lowest BCUT2D eigenvalue weighted by Crippen LogP contribution is -2.08. The summed E-state index contributed by atoms with van der Waals surface area (Å²) in [7, 11) is 1.24. The molecular weight excluding hydrogens is 196 g/mol. The Morgan fingerprint density at radius 2 is 2.27 bits per heavy atom. The molecule has 0 aromatic carbocycles. The molecule has 0 saturated heterocycles. The SMILES string of the molecule is COC(=O)c1ncccc1C#CC(N)=O. The van der Waals surface area contributed by atoms with Gasteiger partial charge in [-0.1, -0.05) is 5.92 Å². The third kappa shape index (κ3) is 2.81. The number of nitrogens with zero attached hydrogens (tertiary/aromatic N) is 1. The van der Waals surface area contributed by atoms with Crippen molar-refractivity contribution in [2.24, 2.45) is 5.73 Å². The van der Waals surface area contributed by atoms with Crippen LogP contribution in [0.1, 0.15) is 16.1 Å². The van der Waals surface area contributed by atoms with E-state index in [9.17, 15) is 9.59 Å². The number of methoxy groups -OCH3 is 1. The summed E-state index contributed by atoms with van der Waals surface area (Å²) in [5.74, 6) is 3.19. The third-order valence-electron chi connectivity index (χ3n) is 1.51. The topological polar surface area (TPSA) is 82.3 Å². The van der Waals surface area contributed by atoms with Crippen LogP contribution < -0.4 is 5.73 Å². The first-order chi connectivity index (χ1) is 7.15. The van der Waals surface area contributed by atoms with Gasteiger partial charge in [0.15, 0.2) is 5.69 Å². The summed E-state index contributed by atoms with van der Waals surface area (Å²) in [5.41, 5.74) is 5.22. The van der Waals surface area contributed by atoms with Crippen molar-refractivity contribution in [3.63, 3.8) is 0 Å². The Balaban J connectivity index is 3.14. The number of hydrogen-bond acceptors (Lipinski definition) is 4. The van der Waals surface area contributed by atoms with E-state index in [1.54, 1.807) is 12.1 Å². The molecule has 1 rings (SSSR count). The molecule has 2 N–H and O–H groups in total. The summed E-state index contributed by atoms with van der Waals surface area (Å²) in [4.78, 5) is 25.4. The molecule has 0 aliphatic heterocycles. The number of aromatic nitrogens is 1. The number of primary amides is 1. The minimum Gasteiger partial charge on any atom is -0.464 e. The second-order valence-electron chi connectivity index (χ2n) is 2.51. The number of ether oxygens (including phenoxy) is 1. The largest absolute Gasteiger partial charge is 0.464 e. The molecule has 0 unspecified atom stereocenters. The van der Waals surface area contributed by atoms with Gasteiger partial charge in [-0.2, -0.15) is 0 Å². The quantitative estimate of drug-likeness (QED) is 0.503. The van der Waals surface area contributed by atoms with Crippen LogP contribution in [-0.4, -0.2) is 24.0 Å². The molecule has 0 radical (unpaired) electrons. The number of carbonyl (C=O) groups excluding carboxylic acids is 2. The fourth-order valence-corrected chi connectivity index (χ4v) is 0.894. The van der Waals surface area contributed by atoms with Gasteiger partial charge < -0.3 is 10.5 Å². The second-order valence-corrected chi connectivity index (χ2v) is 2.51. The summed E-state index contributed by atoms with van der Waals surface area (Å²) in [5, 5.41) is 0. The molecule has 1 heterocycles. The minimum atomic E-state index is -0.769. The van der Waals surface area contributed by atoms with Crippen molar-refractivity contribution in [2.45, 2.75) is 0 Å². The van der Waals surface area contributed by atoms with Crippen LogP contribution in [0.4, 0.5) is 0 Å². The standard InChI is InChI=1S/C10H8N2O3/c1-15-10(14)9-7(3-2-6-12-9)4-5-8(11)13/h2-3,6H,1H3,(H2,11,13). The Bertz CT molecular complexity index is 457. The number of pyridine rings is 1. The zero-order valence-corrected chi connectivity index (χ0v) is 7.98. The fraction of sp³-hybridized carbons (Fsp3) is 0.100. The predicted molar refractivity (Wildman–Crippen MR) is 51.6 cm³/mol. The van der Waals surface area contributed by atoms with Crippen LogP contribution in [0.15, 0.2) is 18.3 Å². The Kier molecular flexibility index (Phi) is 3.41. The van der Waals surface area contributed by atoms with Gasteiger partial charge in [0.25, 0.3) is 5.91 Å². The first-order valence-electron chi connectivity index (χ1n) is 4.00. The Labute approximate surface area is 86.3 Å². The number of amides is 1. The highest BCUT2D eigenvalue weighted by molar-refractivity contribution is 5.94.